The predicted octanol–water partition coefficient (Wildman–Crippen LogP) is 2.14. The molecule has 0 amide bonds. The van der Waals surface area contributed by atoms with Crippen LogP contribution in [0.15, 0.2) is 29.5 Å². The Hall–Kier alpha value is -2.04. The fraction of sp³-hybridized carbons (Fsp3) is 0.500. The first-order chi connectivity index (χ1) is 12.7. The van der Waals surface area contributed by atoms with Crippen LogP contribution in [0.25, 0.3) is 0 Å². The summed E-state index contributed by atoms with van der Waals surface area (Å²) in [5.74, 6) is 3.16. The first kappa shape index (κ1) is 23.0. The molecule has 0 saturated carbocycles. The van der Waals surface area contributed by atoms with Gasteiger partial charge >= 0.3 is 0 Å². The number of aromatic nitrogens is 3. The molecule has 0 fully saturated rings. The van der Waals surface area contributed by atoms with Crippen molar-refractivity contribution in [1.82, 2.24) is 25.4 Å². The summed E-state index contributed by atoms with van der Waals surface area (Å²) in [6, 6.07) is 6.07. The van der Waals surface area contributed by atoms with Gasteiger partial charge in [0.25, 0.3) is 0 Å². The summed E-state index contributed by atoms with van der Waals surface area (Å²) in [6.45, 7) is 3.98. The van der Waals surface area contributed by atoms with E-state index in [-0.39, 0.29) is 24.0 Å². The lowest BCUT2D eigenvalue weighted by Gasteiger charge is -2.13. The summed E-state index contributed by atoms with van der Waals surface area (Å²) in [7, 11) is 5.27. The molecule has 0 unspecified atom stereocenters. The molecular weight excluding hydrogens is 459 g/mol. The van der Waals surface area contributed by atoms with Gasteiger partial charge in [0.15, 0.2) is 17.5 Å². The van der Waals surface area contributed by atoms with Crippen molar-refractivity contribution in [2.75, 3.05) is 27.3 Å². The molecule has 0 aliphatic carbocycles. The number of methoxy groups -OCH3 is 1. The normalized spacial score (nSPS) is 10.9. The van der Waals surface area contributed by atoms with Gasteiger partial charge in [-0.05, 0) is 37.5 Å². The predicted molar refractivity (Wildman–Crippen MR) is 117 cm³/mol. The Morgan fingerprint density at radius 3 is 2.70 bits per heavy atom. The van der Waals surface area contributed by atoms with Crippen molar-refractivity contribution < 1.29 is 9.47 Å². The van der Waals surface area contributed by atoms with Crippen LogP contribution in [-0.2, 0) is 20.0 Å². The highest BCUT2D eigenvalue weighted by Crippen LogP contribution is 2.28. The molecule has 0 bridgehead atoms. The fourth-order valence-electron chi connectivity index (χ4n) is 2.51. The van der Waals surface area contributed by atoms with Crippen LogP contribution in [0.1, 0.15) is 24.7 Å². The number of nitrogens with zero attached hydrogens (tertiary/aromatic N) is 4. The molecule has 0 atom stereocenters. The molecule has 8 nitrogen and oxygen atoms in total. The highest BCUT2D eigenvalue weighted by Gasteiger charge is 2.06. The monoisotopic (exact) mass is 488 g/mol. The van der Waals surface area contributed by atoms with E-state index in [1.165, 1.54) is 5.56 Å². The van der Waals surface area contributed by atoms with Gasteiger partial charge in [-0.1, -0.05) is 6.07 Å². The molecule has 150 valence electrons. The second kappa shape index (κ2) is 12.4. The second-order valence-electron chi connectivity index (χ2n) is 5.67. The van der Waals surface area contributed by atoms with Crippen molar-refractivity contribution >= 4 is 29.9 Å². The minimum Gasteiger partial charge on any atom is -0.493 e. The molecule has 0 aliphatic rings. The Morgan fingerprint density at radius 2 is 2.07 bits per heavy atom. The number of benzene rings is 1. The summed E-state index contributed by atoms with van der Waals surface area (Å²) in [4.78, 5) is 8.40. The Labute approximate surface area is 177 Å². The van der Waals surface area contributed by atoms with Crippen LogP contribution in [0.3, 0.4) is 0 Å². The van der Waals surface area contributed by atoms with Crippen LogP contribution in [0.5, 0.6) is 11.5 Å². The number of rotatable bonds is 9. The topological polar surface area (TPSA) is 85.6 Å². The van der Waals surface area contributed by atoms with Gasteiger partial charge in [0.2, 0.25) is 0 Å². The molecule has 1 heterocycles. The smallest absolute Gasteiger partial charge is 0.191 e. The highest BCUT2D eigenvalue weighted by atomic mass is 127. The van der Waals surface area contributed by atoms with Crippen LogP contribution in [0.4, 0.5) is 0 Å². The summed E-state index contributed by atoms with van der Waals surface area (Å²) in [6.07, 6.45) is 3.46. The molecule has 0 spiro atoms. The van der Waals surface area contributed by atoms with Gasteiger partial charge < -0.3 is 20.1 Å². The Kier molecular flexibility index (Phi) is 10.5. The van der Waals surface area contributed by atoms with Gasteiger partial charge in [0.05, 0.1) is 20.3 Å². The zero-order valence-corrected chi connectivity index (χ0v) is 18.7. The van der Waals surface area contributed by atoms with Gasteiger partial charge in [-0.25, -0.2) is 4.98 Å². The quantitative estimate of drug-likeness (QED) is 0.244. The first-order valence-electron chi connectivity index (χ1n) is 8.75. The molecule has 0 radical (unpaired) electrons. The van der Waals surface area contributed by atoms with Crippen LogP contribution in [0, 0.1) is 0 Å². The van der Waals surface area contributed by atoms with Crippen molar-refractivity contribution in [2.45, 2.75) is 26.3 Å². The number of aliphatic imine (C=N–C) groups is 1. The van der Waals surface area contributed by atoms with Crippen LogP contribution in [-0.4, -0.2) is 48.0 Å². The minimum absolute atomic E-state index is 0. The van der Waals surface area contributed by atoms with Gasteiger partial charge in [0, 0.05) is 20.6 Å². The van der Waals surface area contributed by atoms with Crippen LogP contribution in [0.2, 0.25) is 0 Å². The van der Waals surface area contributed by atoms with Gasteiger partial charge in [-0.3, -0.25) is 9.67 Å². The molecule has 0 aliphatic heterocycles. The third-order valence-electron chi connectivity index (χ3n) is 3.91. The Bertz CT molecular complexity index is 720. The molecule has 27 heavy (non-hydrogen) atoms. The number of hydrogen-bond acceptors (Lipinski definition) is 5. The molecule has 1 aromatic carbocycles. The van der Waals surface area contributed by atoms with Crippen molar-refractivity contribution in [3.63, 3.8) is 0 Å². The molecule has 0 saturated heterocycles. The number of ether oxygens (including phenoxy) is 2. The lowest BCUT2D eigenvalue weighted by Crippen LogP contribution is -2.38. The van der Waals surface area contributed by atoms with Crippen LogP contribution < -0.4 is 20.1 Å². The zero-order chi connectivity index (χ0) is 18.8. The van der Waals surface area contributed by atoms with E-state index in [0.717, 1.165) is 42.7 Å². The van der Waals surface area contributed by atoms with Crippen LogP contribution >= 0.6 is 24.0 Å². The summed E-state index contributed by atoms with van der Waals surface area (Å²) >= 11 is 0. The van der Waals surface area contributed by atoms with Crippen molar-refractivity contribution in [2.24, 2.45) is 12.0 Å². The maximum atomic E-state index is 5.62. The van der Waals surface area contributed by atoms with E-state index < -0.39 is 0 Å². The number of aryl methyl sites for hydroxylation is 2. The lowest BCUT2D eigenvalue weighted by molar-refractivity contribution is 0.310. The largest absolute Gasteiger partial charge is 0.493 e. The summed E-state index contributed by atoms with van der Waals surface area (Å²) in [5.41, 5.74) is 1.22. The van der Waals surface area contributed by atoms with Gasteiger partial charge in [0.1, 0.15) is 12.2 Å². The van der Waals surface area contributed by atoms with Crippen molar-refractivity contribution in [3.8, 4) is 11.5 Å². The van der Waals surface area contributed by atoms with Gasteiger partial charge in [-0.15, -0.1) is 24.0 Å². The van der Waals surface area contributed by atoms with E-state index in [1.54, 1.807) is 25.2 Å². The standard InChI is InChI=1S/C18H28N6O2.HI/c1-5-26-16-11-14(8-9-15(16)25-4)7-6-10-20-18(19-2)21-12-17-22-13-23-24(17)3;/h8-9,11,13H,5-7,10,12H2,1-4H3,(H2,19,20,21);1H. The molecular formula is C18H29IN6O2. The third kappa shape index (κ3) is 7.24. The molecule has 2 N–H and O–H groups in total. The van der Waals surface area contributed by atoms with Crippen molar-refractivity contribution in [1.29, 1.82) is 0 Å². The first-order valence-corrected chi connectivity index (χ1v) is 8.75. The van der Waals surface area contributed by atoms with E-state index in [0.29, 0.717) is 13.2 Å². The molecule has 9 heteroatoms. The highest BCUT2D eigenvalue weighted by molar-refractivity contribution is 14.0. The molecule has 1 aromatic heterocycles. The minimum atomic E-state index is 0. The zero-order valence-electron chi connectivity index (χ0n) is 16.4. The average molecular weight is 488 g/mol. The maximum Gasteiger partial charge on any atom is 0.191 e. The third-order valence-corrected chi connectivity index (χ3v) is 3.91. The SMILES string of the molecule is CCOc1cc(CCCNC(=NC)NCc2ncnn2C)ccc1OC.I. The number of hydrogen-bond donors (Lipinski definition) is 2. The van der Waals surface area contributed by atoms with E-state index in [1.807, 2.05) is 26.1 Å². The van der Waals surface area contributed by atoms with E-state index >= 15 is 0 Å². The maximum absolute atomic E-state index is 5.62. The van der Waals surface area contributed by atoms with E-state index in [9.17, 15) is 0 Å². The number of guanidine groups is 1. The molecule has 2 rings (SSSR count). The Morgan fingerprint density at radius 1 is 1.26 bits per heavy atom. The number of nitrogens with one attached hydrogen (secondary N) is 2. The summed E-state index contributed by atoms with van der Waals surface area (Å²) in [5, 5.41) is 10.6. The summed E-state index contributed by atoms with van der Waals surface area (Å²) < 4.78 is 12.7. The fourth-order valence-corrected chi connectivity index (χ4v) is 2.51. The lowest BCUT2D eigenvalue weighted by atomic mass is 10.1. The number of halogens is 1. The molecule has 2 aromatic rings. The van der Waals surface area contributed by atoms with E-state index in [4.69, 9.17) is 9.47 Å². The Balaban J connectivity index is 0.00000364. The van der Waals surface area contributed by atoms with Crippen molar-refractivity contribution in [3.05, 3.63) is 35.9 Å². The van der Waals surface area contributed by atoms with E-state index in [2.05, 4.69) is 31.8 Å². The average Bonchev–Trinajstić information content (AvgIpc) is 3.06. The second-order valence-corrected chi connectivity index (χ2v) is 5.67. The van der Waals surface area contributed by atoms with Gasteiger partial charge in [-0.2, -0.15) is 5.10 Å².